The summed E-state index contributed by atoms with van der Waals surface area (Å²) < 4.78 is 29.5. The molecule has 0 bridgehead atoms. The Balaban J connectivity index is 1.10. The van der Waals surface area contributed by atoms with Crippen LogP contribution < -0.4 is 4.74 Å². The van der Waals surface area contributed by atoms with Crippen LogP contribution in [-0.4, -0.2) is 56.3 Å². The zero-order valence-electron chi connectivity index (χ0n) is 23.2. The van der Waals surface area contributed by atoms with Gasteiger partial charge in [0.1, 0.15) is 23.5 Å². The number of rotatable bonds is 7. The second-order valence-electron chi connectivity index (χ2n) is 11.3. The van der Waals surface area contributed by atoms with Crippen molar-refractivity contribution < 1.29 is 23.8 Å². The summed E-state index contributed by atoms with van der Waals surface area (Å²) in [4.78, 5) is 23.1. The van der Waals surface area contributed by atoms with Gasteiger partial charge in [0.2, 0.25) is 0 Å². The van der Waals surface area contributed by atoms with Gasteiger partial charge in [0.15, 0.2) is 5.65 Å². The number of carbonyl (C=O) groups is 1. The molecule has 3 aliphatic heterocycles. The summed E-state index contributed by atoms with van der Waals surface area (Å²) in [7, 11) is 0. The standard InChI is InChI=1S/C32H29Cl2FN4O4/c33-20-4-5-23(25(34)13-20)28-14-26(35)24-3-1-2-22(30(24)43-28)18-6-9-38(10-7-18)17-29-37-31-27(12-19(15-36-31)32(40)41)39(29)16-21-8-11-42-21/h1-5,12-15,18,21,28H,6-11,16-17H2,(H,40,41)/t21-,28+/m0/s1. The number of hydrogen-bond donors (Lipinski definition) is 1. The van der Waals surface area contributed by atoms with Crippen LogP contribution in [0.15, 0.2) is 54.7 Å². The predicted molar refractivity (Wildman–Crippen MR) is 161 cm³/mol. The monoisotopic (exact) mass is 622 g/mol. The lowest BCUT2D eigenvalue weighted by Gasteiger charge is -2.34. The fraction of sp³-hybridized carbons (Fsp3) is 0.344. The lowest BCUT2D eigenvalue weighted by atomic mass is 9.86. The van der Waals surface area contributed by atoms with Gasteiger partial charge < -0.3 is 19.1 Å². The first-order chi connectivity index (χ1) is 20.8. The predicted octanol–water partition coefficient (Wildman–Crippen LogP) is 7.05. The van der Waals surface area contributed by atoms with E-state index in [1.807, 2.05) is 12.1 Å². The van der Waals surface area contributed by atoms with Gasteiger partial charge in [0.25, 0.3) is 0 Å². The largest absolute Gasteiger partial charge is 0.480 e. The van der Waals surface area contributed by atoms with Crippen LogP contribution in [0.4, 0.5) is 4.39 Å². The van der Waals surface area contributed by atoms with Gasteiger partial charge in [-0.3, -0.25) is 4.90 Å². The SMILES string of the molecule is O=C(O)c1cnc2nc(CN3CCC(c4cccc5c4O[C@@H](c4ccc(Cl)cc4Cl)C=C5F)CC3)n(C[C@@H]3CCO3)c2c1. The van der Waals surface area contributed by atoms with E-state index in [0.717, 1.165) is 50.3 Å². The zero-order valence-corrected chi connectivity index (χ0v) is 24.7. The number of piperidine rings is 1. The number of nitrogens with zero attached hydrogens (tertiary/aromatic N) is 4. The van der Waals surface area contributed by atoms with Crippen molar-refractivity contribution in [3.63, 3.8) is 0 Å². The molecule has 2 aromatic heterocycles. The van der Waals surface area contributed by atoms with Crippen molar-refractivity contribution >= 4 is 46.2 Å². The Bertz CT molecular complexity index is 1750. The van der Waals surface area contributed by atoms with Crippen molar-refractivity contribution in [2.75, 3.05) is 19.7 Å². The van der Waals surface area contributed by atoms with Gasteiger partial charge in [-0.1, -0.05) is 41.4 Å². The van der Waals surface area contributed by atoms with E-state index in [9.17, 15) is 9.90 Å². The first-order valence-electron chi connectivity index (χ1n) is 14.4. The number of ether oxygens (including phenoxy) is 2. The lowest BCUT2D eigenvalue weighted by molar-refractivity contribution is -0.0592. The van der Waals surface area contributed by atoms with Gasteiger partial charge in [0.05, 0.1) is 35.8 Å². The molecule has 0 unspecified atom stereocenters. The summed E-state index contributed by atoms with van der Waals surface area (Å²) in [5, 5.41) is 10.4. The third-order valence-electron chi connectivity index (χ3n) is 8.62. The van der Waals surface area contributed by atoms with E-state index in [-0.39, 0.29) is 23.4 Å². The molecule has 0 radical (unpaired) electrons. The number of hydrogen-bond acceptors (Lipinski definition) is 6. The van der Waals surface area contributed by atoms with Crippen LogP contribution in [0.1, 0.15) is 64.2 Å². The Hall–Kier alpha value is -3.50. The van der Waals surface area contributed by atoms with Crippen LogP contribution in [0.2, 0.25) is 10.0 Å². The minimum absolute atomic E-state index is 0.0839. The highest BCUT2D eigenvalue weighted by Crippen LogP contribution is 2.45. The second kappa shape index (κ2) is 11.5. The van der Waals surface area contributed by atoms with E-state index in [0.29, 0.717) is 51.2 Å². The van der Waals surface area contributed by atoms with Crippen LogP contribution in [0.25, 0.3) is 17.0 Å². The highest BCUT2D eigenvalue weighted by molar-refractivity contribution is 6.35. The number of benzene rings is 2. The minimum atomic E-state index is -1.02. The maximum atomic E-state index is 15.3. The maximum absolute atomic E-state index is 15.3. The number of carboxylic acid groups (broad SMARTS) is 1. The molecule has 8 nitrogen and oxygen atoms in total. The van der Waals surface area contributed by atoms with Crippen molar-refractivity contribution in [3.8, 4) is 5.75 Å². The van der Waals surface area contributed by atoms with Crippen molar-refractivity contribution in [3.05, 3.63) is 92.9 Å². The van der Waals surface area contributed by atoms with Crippen molar-refractivity contribution in [2.45, 2.75) is 50.5 Å². The van der Waals surface area contributed by atoms with Crippen LogP contribution in [-0.2, 0) is 17.8 Å². The maximum Gasteiger partial charge on any atom is 0.337 e. The fourth-order valence-corrected chi connectivity index (χ4v) is 6.71. The summed E-state index contributed by atoms with van der Waals surface area (Å²) in [6.07, 6.45) is 4.93. The molecule has 4 aromatic rings. The quantitative estimate of drug-likeness (QED) is 0.236. The molecule has 2 aromatic carbocycles. The van der Waals surface area contributed by atoms with E-state index >= 15 is 4.39 Å². The number of aromatic carboxylic acids is 1. The lowest BCUT2D eigenvalue weighted by Crippen LogP contribution is -2.35. The molecular formula is C32H29Cl2FN4O4. The first-order valence-corrected chi connectivity index (χ1v) is 15.1. The molecular weight excluding hydrogens is 594 g/mol. The topological polar surface area (TPSA) is 89.7 Å². The number of pyridine rings is 1. The molecule has 2 atom stereocenters. The van der Waals surface area contributed by atoms with E-state index in [2.05, 4.69) is 14.5 Å². The molecule has 11 heteroatoms. The molecule has 0 aliphatic carbocycles. The Morgan fingerprint density at radius 3 is 2.63 bits per heavy atom. The fourth-order valence-electron chi connectivity index (χ4n) is 6.19. The molecule has 1 N–H and O–H groups in total. The van der Waals surface area contributed by atoms with E-state index in [1.165, 1.54) is 12.3 Å². The van der Waals surface area contributed by atoms with Crippen molar-refractivity contribution in [2.24, 2.45) is 0 Å². The van der Waals surface area contributed by atoms with E-state index in [1.54, 1.807) is 30.3 Å². The van der Waals surface area contributed by atoms with Crippen LogP contribution in [0, 0.1) is 0 Å². The summed E-state index contributed by atoms with van der Waals surface area (Å²) in [6, 6.07) is 12.4. The number of carboxylic acids is 1. The third kappa shape index (κ3) is 5.51. The summed E-state index contributed by atoms with van der Waals surface area (Å²) in [5.41, 5.74) is 3.50. The van der Waals surface area contributed by atoms with Gasteiger partial charge in [-0.15, -0.1) is 0 Å². The van der Waals surface area contributed by atoms with Gasteiger partial charge in [-0.05, 0) is 74.2 Å². The number of fused-ring (bicyclic) bond motifs is 2. The Morgan fingerprint density at radius 2 is 1.91 bits per heavy atom. The Kier molecular flexibility index (Phi) is 7.59. The van der Waals surface area contributed by atoms with Crippen molar-refractivity contribution in [1.82, 2.24) is 19.4 Å². The minimum Gasteiger partial charge on any atom is -0.480 e. The van der Waals surface area contributed by atoms with Gasteiger partial charge >= 0.3 is 5.97 Å². The van der Waals surface area contributed by atoms with E-state index < -0.39 is 12.1 Å². The van der Waals surface area contributed by atoms with Crippen molar-refractivity contribution in [1.29, 1.82) is 0 Å². The third-order valence-corrected chi connectivity index (χ3v) is 9.18. The number of imidazole rings is 1. The molecule has 222 valence electrons. The number of para-hydroxylation sites is 1. The summed E-state index contributed by atoms with van der Waals surface area (Å²) in [5.74, 6) is 0.260. The summed E-state index contributed by atoms with van der Waals surface area (Å²) in [6.45, 7) is 3.58. The van der Waals surface area contributed by atoms with Gasteiger partial charge in [-0.2, -0.15) is 0 Å². The molecule has 0 amide bonds. The molecule has 0 saturated carbocycles. The first kappa shape index (κ1) is 28.3. The molecule has 5 heterocycles. The Labute approximate surface area is 257 Å². The molecule has 2 saturated heterocycles. The van der Waals surface area contributed by atoms with Crippen LogP contribution >= 0.6 is 23.2 Å². The van der Waals surface area contributed by atoms with Gasteiger partial charge in [-0.25, -0.2) is 19.2 Å². The summed E-state index contributed by atoms with van der Waals surface area (Å²) >= 11 is 12.5. The normalized spacial score (nSPS) is 20.8. The number of aromatic nitrogens is 3. The van der Waals surface area contributed by atoms with Gasteiger partial charge in [0, 0.05) is 28.4 Å². The molecule has 3 aliphatic rings. The zero-order chi connectivity index (χ0) is 29.7. The van der Waals surface area contributed by atoms with Crippen LogP contribution in [0.5, 0.6) is 5.75 Å². The molecule has 43 heavy (non-hydrogen) atoms. The highest BCUT2D eigenvalue weighted by Gasteiger charge is 2.31. The number of likely N-dealkylation sites (tertiary alicyclic amines) is 1. The smallest absolute Gasteiger partial charge is 0.337 e. The highest BCUT2D eigenvalue weighted by atomic mass is 35.5. The van der Waals surface area contributed by atoms with Crippen LogP contribution in [0.3, 0.4) is 0 Å². The average molecular weight is 624 g/mol. The second-order valence-corrected chi connectivity index (χ2v) is 12.1. The molecule has 2 fully saturated rings. The molecule has 7 rings (SSSR count). The Morgan fingerprint density at radius 1 is 1.09 bits per heavy atom. The molecule has 0 spiro atoms. The number of halogens is 3. The van der Waals surface area contributed by atoms with E-state index in [4.69, 9.17) is 37.7 Å². The average Bonchev–Trinajstić information content (AvgIpc) is 3.31.